The van der Waals surface area contributed by atoms with E-state index in [1.807, 2.05) is 6.92 Å². The predicted molar refractivity (Wildman–Crippen MR) is 78.7 cm³/mol. The summed E-state index contributed by atoms with van der Waals surface area (Å²) in [6, 6.07) is 3.45. The number of aliphatic hydroxyl groups excluding tert-OH is 1. The van der Waals surface area contributed by atoms with Crippen molar-refractivity contribution in [2.24, 2.45) is 5.92 Å². The minimum atomic E-state index is -0.325. The molecule has 1 aliphatic heterocycles. The quantitative estimate of drug-likeness (QED) is 0.831. The minimum absolute atomic E-state index is 0.105. The third kappa shape index (κ3) is 4.16. The highest BCUT2D eigenvalue weighted by Crippen LogP contribution is 2.20. The van der Waals surface area contributed by atoms with Gasteiger partial charge < -0.3 is 10.4 Å². The number of likely N-dealkylation sites (tertiary alicyclic amines) is 1. The van der Waals surface area contributed by atoms with E-state index < -0.39 is 0 Å². The van der Waals surface area contributed by atoms with Crippen LogP contribution in [-0.2, 0) is 4.79 Å². The summed E-state index contributed by atoms with van der Waals surface area (Å²) >= 11 is 5.90. The molecule has 110 valence electrons. The third-order valence-electron chi connectivity index (χ3n) is 3.62. The van der Waals surface area contributed by atoms with E-state index >= 15 is 0 Å². The van der Waals surface area contributed by atoms with Crippen LogP contribution in [-0.4, -0.2) is 46.6 Å². The van der Waals surface area contributed by atoms with Crippen molar-refractivity contribution in [3.05, 3.63) is 23.5 Å². The Labute approximate surface area is 123 Å². The second kappa shape index (κ2) is 7.02. The molecule has 2 N–H and O–H groups in total. The molecule has 0 radical (unpaired) electrons. The largest absolute Gasteiger partial charge is 0.393 e. The zero-order valence-corrected chi connectivity index (χ0v) is 12.3. The van der Waals surface area contributed by atoms with Crippen LogP contribution in [0.1, 0.15) is 19.8 Å². The topological polar surface area (TPSA) is 65.5 Å². The predicted octanol–water partition coefficient (Wildman–Crippen LogP) is 1.77. The first-order valence-corrected chi connectivity index (χ1v) is 7.25. The summed E-state index contributed by atoms with van der Waals surface area (Å²) in [6.45, 7) is 3.77. The number of amides is 1. The lowest BCUT2D eigenvalue weighted by atomic mass is 9.93. The van der Waals surface area contributed by atoms with Crippen LogP contribution >= 0.6 is 11.6 Å². The van der Waals surface area contributed by atoms with Gasteiger partial charge in [0.05, 0.1) is 18.3 Å². The van der Waals surface area contributed by atoms with Gasteiger partial charge in [-0.1, -0.05) is 11.6 Å². The molecule has 2 heterocycles. The number of rotatable bonds is 4. The van der Waals surface area contributed by atoms with Gasteiger partial charge in [0.2, 0.25) is 5.91 Å². The van der Waals surface area contributed by atoms with E-state index in [1.165, 1.54) is 0 Å². The number of anilines is 1. The molecular formula is C14H20ClN3O2. The number of carbonyl (C=O) groups excluding carboxylic acids is 1. The number of hydrogen-bond donors (Lipinski definition) is 2. The van der Waals surface area contributed by atoms with Crippen molar-refractivity contribution < 1.29 is 9.90 Å². The maximum absolute atomic E-state index is 12.0. The summed E-state index contributed by atoms with van der Waals surface area (Å²) in [5.74, 6) is 0.143. The molecule has 5 nitrogen and oxygen atoms in total. The molecule has 1 saturated heterocycles. The Morgan fingerprint density at radius 1 is 1.70 bits per heavy atom. The fourth-order valence-corrected chi connectivity index (χ4v) is 2.67. The van der Waals surface area contributed by atoms with Gasteiger partial charge in [0.25, 0.3) is 0 Å². The molecule has 2 rings (SSSR count). The molecule has 2 atom stereocenters. The van der Waals surface area contributed by atoms with E-state index in [1.54, 1.807) is 18.3 Å². The molecule has 1 aromatic rings. The second-order valence-electron chi connectivity index (χ2n) is 5.27. The second-order valence-corrected chi connectivity index (χ2v) is 5.63. The molecule has 0 saturated carbocycles. The summed E-state index contributed by atoms with van der Waals surface area (Å²) in [4.78, 5) is 18.0. The lowest BCUT2D eigenvalue weighted by Crippen LogP contribution is -2.43. The molecule has 1 aliphatic rings. The summed E-state index contributed by atoms with van der Waals surface area (Å²) in [7, 11) is 0. The molecule has 0 bridgehead atoms. The van der Waals surface area contributed by atoms with Gasteiger partial charge in [0.15, 0.2) is 5.15 Å². The highest BCUT2D eigenvalue weighted by Gasteiger charge is 2.24. The maximum atomic E-state index is 12.0. The standard InChI is InChI=1S/C14H20ClN3O2/c1-10(19)11-4-3-7-18(8-11)9-13(20)17-12-5-2-6-16-14(12)15/h2,5-6,10-11,19H,3-4,7-9H2,1H3,(H,17,20). The van der Waals surface area contributed by atoms with E-state index in [9.17, 15) is 9.90 Å². The summed E-state index contributed by atoms with van der Waals surface area (Å²) in [6.07, 6.45) is 3.28. The molecule has 1 amide bonds. The first kappa shape index (κ1) is 15.2. The van der Waals surface area contributed by atoms with Crippen molar-refractivity contribution in [2.75, 3.05) is 25.0 Å². The Morgan fingerprint density at radius 2 is 2.50 bits per heavy atom. The average Bonchev–Trinajstić information content (AvgIpc) is 2.41. The zero-order valence-electron chi connectivity index (χ0n) is 11.6. The van der Waals surface area contributed by atoms with E-state index in [2.05, 4.69) is 15.2 Å². The number of halogens is 1. The van der Waals surface area contributed by atoms with Gasteiger partial charge in [-0.05, 0) is 44.4 Å². The first-order chi connectivity index (χ1) is 9.56. The van der Waals surface area contributed by atoms with Crippen LogP contribution < -0.4 is 5.32 Å². The molecule has 0 aromatic carbocycles. The van der Waals surface area contributed by atoms with E-state index in [-0.39, 0.29) is 17.9 Å². The van der Waals surface area contributed by atoms with E-state index in [0.29, 0.717) is 17.4 Å². The fraction of sp³-hybridized carbons (Fsp3) is 0.571. The normalized spacial score (nSPS) is 21.4. The molecule has 0 spiro atoms. The van der Waals surface area contributed by atoms with Crippen molar-refractivity contribution in [3.63, 3.8) is 0 Å². The number of carbonyl (C=O) groups is 1. The summed E-state index contributed by atoms with van der Waals surface area (Å²) in [5, 5.41) is 12.7. The number of nitrogens with zero attached hydrogens (tertiary/aromatic N) is 2. The first-order valence-electron chi connectivity index (χ1n) is 6.87. The van der Waals surface area contributed by atoms with Crippen molar-refractivity contribution >= 4 is 23.2 Å². The van der Waals surface area contributed by atoms with Crippen LogP contribution in [0.15, 0.2) is 18.3 Å². The van der Waals surface area contributed by atoms with Gasteiger partial charge in [-0.25, -0.2) is 4.98 Å². The van der Waals surface area contributed by atoms with Gasteiger partial charge >= 0.3 is 0 Å². The number of nitrogens with one attached hydrogen (secondary N) is 1. The monoisotopic (exact) mass is 297 g/mol. The van der Waals surface area contributed by atoms with Crippen LogP contribution in [0.2, 0.25) is 5.15 Å². The van der Waals surface area contributed by atoms with Crippen LogP contribution in [0, 0.1) is 5.92 Å². The Kier molecular flexibility index (Phi) is 5.34. The Balaban J connectivity index is 1.87. The molecule has 2 unspecified atom stereocenters. The molecule has 1 aromatic heterocycles. The van der Waals surface area contributed by atoms with Gasteiger partial charge in [0.1, 0.15) is 0 Å². The fourth-order valence-electron chi connectivity index (χ4n) is 2.50. The smallest absolute Gasteiger partial charge is 0.238 e. The molecule has 20 heavy (non-hydrogen) atoms. The lowest BCUT2D eigenvalue weighted by molar-refractivity contribution is -0.118. The lowest BCUT2D eigenvalue weighted by Gasteiger charge is -2.33. The third-order valence-corrected chi connectivity index (χ3v) is 3.93. The Hall–Kier alpha value is -1.17. The van der Waals surface area contributed by atoms with Crippen LogP contribution in [0.3, 0.4) is 0 Å². The highest BCUT2D eigenvalue weighted by molar-refractivity contribution is 6.32. The molecule has 1 fully saturated rings. The Bertz CT molecular complexity index is 467. The number of pyridine rings is 1. The van der Waals surface area contributed by atoms with Crippen LogP contribution in [0.25, 0.3) is 0 Å². The average molecular weight is 298 g/mol. The van der Waals surface area contributed by atoms with Crippen molar-refractivity contribution in [1.82, 2.24) is 9.88 Å². The molecule has 0 aliphatic carbocycles. The molecular weight excluding hydrogens is 278 g/mol. The SMILES string of the molecule is CC(O)C1CCCN(CC(=O)Nc2cccnc2Cl)C1. The zero-order chi connectivity index (χ0) is 14.5. The number of hydrogen-bond acceptors (Lipinski definition) is 4. The number of aliphatic hydroxyl groups is 1. The highest BCUT2D eigenvalue weighted by atomic mass is 35.5. The van der Waals surface area contributed by atoms with Gasteiger partial charge in [-0.15, -0.1) is 0 Å². The summed E-state index contributed by atoms with van der Waals surface area (Å²) < 4.78 is 0. The molecule has 6 heteroatoms. The summed E-state index contributed by atoms with van der Waals surface area (Å²) in [5.41, 5.74) is 0.531. The minimum Gasteiger partial charge on any atom is -0.393 e. The number of aromatic nitrogens is 1. The van der Waals surface area contributed by atoms with Gasteiger partial charge in [-0.3, -0.25) is 9.69 Å². The van der Waals surface area contributed by atoms with E-state index in [0.717, 1.165) is 25.9 Å². The van der Waals surface area contributed by atoms with Crippen molar-refractivity contribution in [3.8, 4) is 0 Å². The van der Waals surface area contributed by atoms with Gasteiger partial charge in [0, 0.05) is 12.7 Å². The number of piperidine rings is 1. The van der Waals surface area contributed by atoms with E-state index in [4.69, 9.17) is 11.6 Å². The Morgan fingerprint density at radius 3 is 3.20 bits per heavy atom. The van der Waals surface area contributed by atoms with Crippen LogP contribution in [0.5, 0.6) is 0 Å². The van der Waals surface area contributed by atoms with Crippen molar-refractivity contribution in [2.45, 2.75) is 25.9 Å². The van der Waals surface area contributed by atoms with Crippen molar-refractivity contribution in [1.29, 1.82) is 0 Å². The van der Waals surface area contributed by atoms with Gasteiger partial charge in [-0.2, -0.15) is 0 Å². The maximum Gasteiger partial charge on any atom is 0.238 e. The van der Waals surface area contributed by atoms with Crippen LogP contribution in [0.4, 0.5) is 5.69 Å².